The van der Waals surface area contributed by atoms with Crippen LogP contribution in [0.3, 0.4) is 0 Å². The molecule has 6 heteroatoms. The van der Waals surface area contributed by atoms with Crippen molar-refractivity contribution >= 4 is 11.8 Å². The Morgan fingerprint density at radius 2 is 1.68 bits per heavy atom. The lowest BCUT2D eigenvalue weighted by atomic mass is 9.80. The molecule has 0 spiro atoms. The number of hydrogen-bond acceptors (Lipinski definition) is 5. The normalized spacial score (nSPS) is 22.1. The standard InChI is InChI=1S/C25H31N3O3/c29-23(30)16-27-28-17-19-11-7-8-14-21(19)22(15-26-20-12-5-2-6-13-20)24(28)25(31)18-9-3-1-4-10-18/h1,3-4,7-11,14,20,22,24,26-27H,2,5-6,12-13,15-17H2,(H,29,30). The first-order valence-electron chi connectivity index (χ1n) is 11.3. The van der Waals surface area contributed by atoms with Crippen LogP contribution in [0.1, 0.15) is 59.5 Å². The molecule has 0 radical (unpaired) electrons. The predicted octanol–water partition coefficient (Wildman–Crippen LogP) is 3.35. The lowest BCUT2D eigenvalue weighted by molar-refractivity contribution is -0.137. The highest BCUT2D eigenvalue weighted by atomic mass is 16.4. The molecule has 1 fully saturated rings. The fourth-order valence-electron chi connectivity index (χ4n) is 4.95. The summed E-state index contributed by atoms with van der Waals surface area (Å²) in [5.74, 6) is -0.994. The summed E-state index contributed by atoms with van der Waals surface area (Å²) < 4.78 is 0. The molecule has 2 aliphatic rings. The molecule has 4 rings (SSSR count). The molecule has 164 valence electrons. The molecule has 2 unspecified atom stereocenters. The van der Waals surface area contributed by atoms with Gasteiger partial charge in [0.05, 0.1) is 6.04 Å². The number of fused-ring (bicyclic) bond motifs is 1. The van der Waals surface area contributed by atoms with E-state index in [9.17, 15) is 14.7 Å². The van der Waals surface area contributed by atoms with E-state index in [1.54, 1.807) is 0 Å². The Morgan fingerprint density at radius 1 is 0.968 bits per heavy atom. The quantitative estimate of drug-likeness (QED) is 0.567. The zero-order valence-corrected chi connectivity index (χ0v) is 17.8. The average molecular weight is 422 g/mol. The van der Waals surface area contributed by atoms with Crippen LogP contribution >= 0.6 is 0 Å². The molecule has 2 aromatic carbocycles. The van der Waals surface area contributed by atoms with Crippen LogP contribution in [0.4, 0.5) is 0 Å². The minimum atomic E-state index is -0.943. The lowest BCUT2D eigenvalue weighted by Gasteiger charge is -2.42. The summed E-state index contributed by atoms with van der Waals surface area (Å²) in [6.07, 6.45) is 6.14. The third-order valence-electron chi connectivity index (χ3n) is 6.50. The van der Waals surface area contributed by atoms with Crippen molar-refractivity contribution in [2.45, 2.75) is 56.7 Å². The highest BCUT2D eigenvalue weighted by molar-refractivity contribution is 6.01. The maximum atomic E-state index is 13.7. The van der Waals surface area contributed by atoms with Gasteiger partial charge in [-0.1, -0.05) is 73.9 Å². The van der Waals surface area contributed by atoms with Crippen molar-refractivity contribution in [3.05, 3.63) is 71.3 Å². The Morgan fingerprint density at radius 3 is 2.42 bits per heavy atom. The molecule has 31 heavy (non-hydrogen) atoms. The van der Waals surface area contributed by atoms with Crippen LogP contribution < -0.4 is 10.7 Å². The minimum Gasteiger partial charge on any atom is -0.480 e. The van der Waals surface area contributed by atoms with Gasteiger partial charge in [-0.2, -0.15) is 0 Å². The number of carboxylic acid groups (broad SMARTS) is 1. The maximum Gasteiger partial charge on any atom is 0.318 e. The summed E-state index contributed by atoms with van der Waals surface area (Å²) >= 11 is 0. The first kappa shape index (κ1) is 21.7. The minimum absolute atomic E-state index is 0.0171. The van der Waals surface area contributed by atoms with Crippen molar-refractivity contribution in [1.82, 2.24) is 15.8 Å². The number of rotatable bonds is 8. The molecule has 0 saturated heterocycles. The molecule has 1 heterocycles. The van der Waals surface area contributed by atoms with Crippen molar-refractivity contribution in [2.24, 2.45) is 0 Å². The van der Waals surface area contributed by atoms with Crippen LogP contribution in [0.25, 0.3) is 0 Å². The van der Waals surface area contributed by atoms with Gasteiger partial charge in [-0.25, -0.2) is 10.4 Å². The molecule has 1 aliphatic carbocycles. The van der Waals surface area contributed by atoms with Crippen molar-refractivity contribution in [3.8, 4) is 0 Å². The smallest absolute Gasteiger partial charge is 0.318 e. The molecule has 1 saturated carbocycles. The van der Waals surface area contributed by atoms with Gasteiger partial charge < -0.3 is 10.4 Å². The molecular formula is C25H31N3O3. The fourth-order valence-corrected chi connectivity index (χ4v) is 4.95. The lowest BCUT2D eigenvalue weighted by Crippen LogP contribution is -2.57. The van der Waals surface area contributed by atoms with Gasteiger partial charge in [-0.05, 0) is 24.0 Å². The summed E-state index contributed by atoms with van der Waals surface area (Å²) in [6, 6.07) is 17.5. The third-order valence-corrected chi connectivity index (χ3v) is 6.50. The second-order valence-electron chi connectivity index (χ2n) is 8.58. The maximum absolute atomic E-state index is 13.7. The van der Waals surface area contributed by atoms with Crippen LogP contribution in [0.2, 0.25) is 0 Å². The summed E-state index contributed by atoms with van der Waals surface area (Å²) in [6.45, 7) is 0.965. The zero-order chi connectivity index (χ0) is 21.6. The van der Waals surface area contributed by atoms with Gasteiger partial charge in [-0.15, -0.1) is 0 Å². The van der Waals surface area contributed by atoms with Crippen LogP contribution in [0.5, 0.6) is 0 Å². The number of hydrogen-bond donors (Lipinski definition) is 3. The van der Waals surface area contributed by atoms with Crippen molar-refractivity contribution in [3.63, 3.8) is 0 Å². The average Bonchev–Trinajstić information content (AvgIpc) is 2.81. The number of nitrogens with zero attached hydrogens (tertiary/aromatic N) is 1. The molecular weight excluding hydrogens is 390 g/mol. The third kappa shape index (κ3) is 5.21. The van der Waals surface area contributed by atoms with Crippen molar-refractivity contribution < 1.29 is 14.7 Å². The fraction of sp³-hybridized carbons (Fsp3) is 0.440. The Labute approximate surface area is 183 Å². The number of Topliss-reactive ketones (excluding diaryl/α,β-unsaturated/α-hetero) is 1. The van der Waals surface area contributed by atoms with Crippen LogP contribution in [-0.4, -0.2) is 47.0 Å². The monoisotopic (exact) mass is 421 g/mol. The number of aliphatic carboxylic acids is 1. The number of carbonyl (C=O) groups excluding carboxylic acids is 1. The van der Waals surface area contributed by atoms with Gasteiger partial charge in [-0.3, -0.25) is 9.59 Å². The number of hydrazine groups is 1. The summed E-state index contributed by atoms with van der Waals surface area (Å²) in [5.41, 5.74) is 5.97. The van der Waals surface area contributed by atoms with E-state index in [1.165, 1.54) is 37.7 Å². The van der Waals surface area contributed by atoms with E-state index in [0.29, 0.717) is 24.7 Å². The number of nitrogens with one attached hydrogen (secondary N) is 2. The molecule has 0 amide bonds. The topological polar surface area (TPSA) is 81.7 Å². The highest BCUT2D eigenvalue weighted by Crippen LogP contribution is 2.34. The Bertz CT molecular complexity index is 896. The van der Waals surface area contributed by atoms with E-state index >= 15 is 0 Å². The zero-order valence-electron chi connectivity index (χ0n) is 17.8. The number of carboxylic acids is 1. The van der Waals surface area contributed by atoms with E-state index in [2.05, 4.69) is 22.9 Å². The number of ketones is 1. The predicted molar refractivity (Wildman–Crippen MR) is 120 cm³/mol. The summed E-state index contributed by atoms with van der Waals surface area (Å²) in [7, 11) is 0. The molecule has 3 N–H and O–H groups in total. The van der Waals surface area contributed by atoms with Gasteiger partial charge >= 0.3 is 5.97 Å². The van der Waals surface area contributed by atoms with Crippen molar-refractivity contribution in [1.29, 1.82) is 0 Å². The number of carbonyl (C=O) groups is 2. The van der Waals surface area contributed by atoms with Crippen LogP contribution in [-0.2, 0) is 11.3 Å². The van der Waals surface area contributed by atoms with E-state index in [0.717, 1.165) is 5.56 Å². The molecule has 0 aromatic heterocycles. The van der Waals surface area contributed by atoms with Crippen LogP contribution in [0.15, 0.2) is 54.6 Å². The van der Waals surface area contributed by atoms with Gasteiger partial charge in [0.2, 0.25) is 0 Å². The Balaban J connectivity index is 1.66. The number of benzene rings is 2. The van der Waals surface area contributed by atoms with Gasteiger partial charge in [0.15, 0.2) is 5.78 Å². The molecule has 1 aliphatic heterocycles. The van der Waals surface area contributed by atoms with Gasteiger partial charge in [0.1, 0.15) is 6.54 Å². The SMILES string of the molecule is O=C(O)CNN1Cc2ccccc2C(CNC2CCCCC2)C1C(=O)c1ccccc1. The van der Waals surface area contributed by atoms with E-state index < -0.39 is 12.0 Å². The van der Waals surface area contributed by atoms with Gasteiger partial charge in [0, 0.05) is 30.6 Å². The Hall–Kier alpha value is -2.54. The van der Waals surface area contributed by atoms with Gasteiger partial charge in [0.25, 0.3) is 0 Å². The molecule has 2 atom stereocenters. The van der Waals surface area contributed by atoms with E-state index in [1.807, 2.05) is 47.5 Å². The van der Waals surface area contributed by atoms with E-state index in [4.69, 9.17) is 0 Å². The largest absolute Gasteiger partial charge is 0.480 e. The second kappa shape index (κ2) is 10.2. The highest BCUT2D eigenvalue weighted by Gasteiger charge is 2.40. The molecule has 6 nitrogen and oxygen atoms in total. The van der Waals surface area contributed by atoms with Crippen molar-refractivity contribution in [2.75, 3.05) is 13.1 Å². The second-order valence-corrected chi connectivity index (χ2v) is 8.58. The first-order valence-corrected chi connectivity index (χ1v) is 11.3. The summed E-state index contributed by atoms with van der Waals surface area (Å²) in [5, 5.41) is 14.8. The van der Waals surface area contributed by atoms with Crippen LogP contribution in [0, 0.1) is 0 Å². The Kier molecular flexibility index (Phi) is 7.12. The first-order chi connectivity index (χ1) is 15.1. The molecule has 0 bridgehead atoms. The summed E-state index contributed by atoms with van der Waals surface area (Å²) in [4.78, 5) is 24.9. The van der Waals surface area contributed by atoms with E-state index in [-0.39, 0.29) is 18.2 Å². The molecule has 2 aromatic rings.